The van der Waals surface area contributed by atoms with E-state index in [1.54, 1.807) is 46.0 Å². The van der Waals surface area contributed by atoms with E-state index >= 15 is 0 Å². The summed E-state index contributed by atoms with van der Waals surface area (Å²) >= 11 is 0. The van der Waals surface area contributed by atoms with E-state index in [1.807, 2.05) is 0 Å². The standard InChI is InChI=1S/C14H24N4O3S/c1-6-18(7-2)22(20,21)12-8-9-13(15-10-12)17(5)11-14(19)16(3)4/h8-10H,6-7,11H2,1-5H3. The number of nitrogens with zero attached hydrogens (tertiary/aromatic N) is 4. The van der Waals surface area contributed by atoms with Crippen LogP contribution in [0.3, 0.4) is 0 Å². The van der Waals surface area contributed by atoms with Gasteiger partial charge in [0.25, 0.3) is 0 Å². The van der Waals surface area contributed by atoms with E-state index in [1.165, 1.54) is 21.5 Å². The lowest BCUT2D eigenvalue weighted by Crippen LogP contribution is -2.34. The molecule has 0 spiro atoms. The van der Waals surface area contributed by atoms with Gasteiger partial charge in [-0.05, 0) is 12.1 Å². The Labute approximate surface area is 132 Å². The van der Waals surface area contributed by atoms with E-state index in [2.05, 4.69) is 4.98 Å². The zero-order valence-electron chi connectivity index (χ0n) is 13.8. The highest BCUT2D eigenvalue weighted by molar-refractivity contribution is 7.89. The normalized spacial score (nSPS) is 11.5. The average Bonchev–Trinajstić information content (AvgIpc) is 2.48. The molecule has 7 nitrogen and oxygen atoms in total. The second-order valence-corrected chi connectivity index (χ2v) is 7.02. The number of carbonyl (C=O) groups excluding carboxylic acids is 1. The molecule has 0 atom stereocenters. The number of likely N-dealkylation sites (N-methyl/N-ethyl adjacent to an activating group) is 2. The third-order valence-corrected chi connectivity index (χ3v) is 5.36. The minimum atomic E-state index is -3.50. The maximum Gasteiger partial charge on any atom is 0.244 e. The molecule has 0 aliphatic rings. The zero-order chi connectivity index (χ0) is 16.9. The maximum absolute atomic E-state index is 12.4. The van der Waals surface area contributed by atoms with Crippen molar-refractivity contribution in [2.75, 3.05) is 45.7 Å². The van der Waals surface area contributed by atoms with Gasteiger partial charge in [0.1, 0.15) is 10.7 Å². The minimum absolute atomic E-state index is 0.0517. The largest absolute Gasteiger partial charge is 0.350 e. The molecule has 0 bridgehead atoms. The lowest BCUT2D eigenvalue weighted by molar-refractivity contribution is -0.127. The Morgan fingerprint density at radius 3 is 2.14 bits per heavy atom. The molecule has 0 N–H and O–H groups in total. The van der Waals surface area contributed by atoms with Gasteiger partial charge in [0.2, 0.25) is 15.9 Å². The predicted octanol–water partition coefficient (Wildman–Crippen LogP) is 0.637. The Bertz CT molecular complexity index is 595. The number of sulfonamides is 1. The number of hydrogen-bond donors (Lipinski definition) is 0. The first-order valence-corrected chi connectivity index (χ1v) is 8.55. The van der Waals surface area contributed by atoms with Crippen molar-refractivity contribution in [3.8, 4) is 0 Å². The highest BCUT2D eigenvalue weighted by Gasteiger charge is 2.22. The fraction of sp³-hybridized carbons (Fsp3) is 0.571. The fourth-order valence-electron chi connectivity index (χ4n) is 1.89. The van der Waals surface area contributed by atoms with E-state index in [4.69, 9.17) is 0 Å². The summed E-state index contributed by atoms with van der Waals surface area (Å²) in [6.45, 7) is 4.60. The van der Waals surface area contributed by atoms with Crippen LogP contribution in [0.4, 0.5) is 5.82 Å². The number of rotatable bonds is 7. The van der Waals surface area contributed by atoms with Crippen molar-refractivity contribution < 1.29 is 13.2 Å². The lowest BCUT2D eigenvalue weighted by atomic mass is 10.4. The fourth-order valence-corrected chi connectivity index (χ4v) is 3.29. The molecular weight excluding hydrogens is 304 g/mol. The van der Waals surface area contributed by atoms with Gasteiger partial charge >= 0.3 is 0 Å². The van der Waals surface area contributed by atoms with Gasteiger partial charge in [-0.25, -0.2) is 13.4 Å². The van der Waals surface area contributed by atoms with Crippen molar-refractivity contribution >= 4 is 21.7 Å². The number of pyridine rings is 1. The van der Waals surface area contributed by atoms with Gasteiger partial charge in [-0.3, -0.25) is 4.79 Å². The van der Waals surface area contributed by atoms with Crippen LogP contribution in [0.2, 0.25) is 0 Å². The van der Waals surface area contributed by atoms with Crippen LogP contribution in [0, 0.1) is 0 Å². The Kier molecular flexibility index (Phi) is 6.31. The highest BCUT2D eigenvalue weighted by atomic mass is 32.2. The van der Waals surface area contributed by atoms with Crippen LogP contribution < -0.4 is 4.90 Å². The van der Waals surface area contributed by atoms with E-state index in [9.17, 15) is 13.2 Å². The molecule has 1 rings (SSSR count). The van der Waals surface area contributed by atoms with Gasteiger partial charge in [-0.1, -0.05) is 13.8 Å². The molecule has 1 aromatic rings. The quantitative estimate of drug-likeness (QED) is 0.734. The van der Waals surface area contributed by atoms with Crippen LogP contribution in [-0.4, -0.2) is 69.3 Å². The van der Waals surface area contributed by atoms with Gasteiger partial charge in [0, 0.05) is 40.4 Å². The van der Waals surface area contributed by atoms with Crippen molar-refractivity contribution in [3.63, 3.8) is 0 Å². The van der Waals surface area contributed by atoms with Gasteiger partial charge in [-0.15, -0.1) is 0 Å². The molecular formula is C14H24N4O3S. The molecule has 0 aliphatic heterocycles. The van der Waals surface area contributed by atoms with Crippen LogP contribution in [0.1, 0.15) is 13.8 Å². The summed E-state index contributed by atoms with van der Waals surface area (Å²) in [5, 5.41) is 0. The first-order valence-electron chi connectivity index (χ1n) is 7.11. The third kappa shape index (κ3) is 4.17. The van der Waals surface area contributed by atoms with Gasteiger partial charge in [0.15, 0.2) is 0 Å². The molecule has 1 amide bonds. The SMILES string of the molecule is CCN(CC)S(=O)(=O)c1ccc(N(C)CC(=O)N(C)C)nc1. The molecule has 0 aromatic carbocycles. The number of aromatic nitrogens is 1. The summed E-state index contributed by atoms with van der Waals surface area (Å²) in [6, 6.07) is 3.13. The molecule has 22 heavy (non-hydrogen) atoms. The Balaban J connectivity index is 2.93. The number of amides is 1. The molecule has 124 valence electrons. The van der Waals surface area contributed by atoms with Crippen LogP contribution in [-0.2, 0) is 14.8 Å². The van der Waals surface area contributed by atoms with Crippen LogP contribution in [0.5, 0.6) is 0 Å². The Morgan fingerprint density at radius 1 is 1.14 bits per heavy atom. The molecule has 0 fully saturated rings. The Hall–Kier alpha value is -1.67. The van der Waals surface area contributed by atoms with Crippen molar-refractivity contribution in [2.24, 2.45) is 0 Å². The molecule has 0 radical (unpaired) electrons. The molecule has 1 heterocycles. The molecule has 1 aromatic heterocycles. The van der Waals surface area contributed by atoms with E-state index in [-0.39, 0.29) is 17.3 Å². The summed E-state index contributed by atoms with van der Waals surface area (Å²) in [5.41, 5.74) is 0. The average molecular weight is 328 g/mol. The third-order valence-electron chi connectivity index (χ3n) is 3.33. The van der Waals surface area contributed by atoms with Crippen LogP contribution >= 0.6 is 0 Å². The van der Waals surface area contributed by atoms with Gasteiger partial charge < -0.3 is 9.80 Å². The highest BCUT2D eigenvalue weighted by Crippen LogP contribution is 2.17. The van der Waals surface area contributed by atoms with E-state index in [0.29, 0.717) is 18.9 Å². The monoisotopic (exact) mass is 328 g/mol. The smallest absolute Gasteiger partial charge is 0.244 e. The van der Waals surface area contributed by atoms with E-state index < -0.39 is 10.0 Å². The minimum Gasteiger partial charge on any atom is -0.350 e. The van der Waals surface area contributed by atoms with E-state index in [0.717, 1.165) is 0 Å². The van der Waals surface area contributed by atoms with Crippen molar-refractivity contribution in [1.82, 2.24) is 14.2 Å². The molecule has 0 unspecified atom stereocenters. The van der Waals surface area contributed by atoms with Crippen molar-refractivity contribution in [3.05, 3.63) is 18.3 Å². The van der Waals surface area contributed by atoms with Gasteiger partial charge in [0.05, 0.1) is 6.54 Å². The van der Waals surface area contributed by atoms with Crippen LogP contribution in [0.15, 0.2) is 23.2 Å². The van der Waals surface area contributed by atoms with Crippen molar-refractivity contribution in [2.45, 2.75) is 18.7 Å². The predicted molar refractivity (Wildman–Crippen MR) is 86.3 cm³/mol. The number of carbonyl (C=O) groups is 1. The first kappa shape index (κ1) is 18.4. The summed E-state index contributed by atoms with van der Waals surface area (Å²) in [4.78, 5) is 19.2. The number of anilines is 1. The molecule has 0 aliphatic carbocycles. The summed E-state index contributed by atoms with van der Waals surface area (Å²) in [7, 11) is 1.60. The molecule has 0 saturated heterocycles. The zero-order valence-corrected chi connectivity index (χ0v) is 14.6. The van der Waals surface area contributed by atoms with Crippen LogP contribution in [0.25, 0.3) is 0 Å². The lowest BCUT2D eigenvalue weighted by Gasteiger charge is -2.21. The number of hydrogen-bond acceptors (Lipinski definition) is 5. The van der Waals surface area contributed by atoms with Crippen molar-refractivity contribution in [1.29, 1.82) is 0 Å². The maximum atomic E-state index is 12.4. The first-order chi connectivity index (χ1) is 10.2. The summed E-state index contributed by atoms with van der Waals surface area (Å²) in [5.74, 6) is 0.498. The molecule has 8 heteroatoms. The summed E-state index contributed by atoms with van der Waals surface area (Å²) < 4.78 is 26.1. The van der Waals surface area contributed by atoms with Gasteiger partial charge in [-0.2, -0.15) is 4.31 Å². The molecule has 0 saturated carbocycles. The summed E-state index contributed by atoms with van der Waals surface area (Å²) in [6.07, 6.45) is 1.33. The Morgan fingerprint density at radius 2 is 1.73 bits per heavy atom. The second kappa shape index (κ2) is 7.55. The second-order valence-electron chi connectivity index (χ2n) is 5.09. The topological polar surface area (TPSA) is 73.8 Å².